The van der Waals surface area contributed by atoms with Gasteiger partial charge in [0, 0.05) is 36.2 Å². The van der Waals surface area contributed by atoms with Crippen molar-refractivity contribution in [3.63, 3.8) is 0 Å². The van der Waals surface area contributed by atoms with Crippen LogP contribution in [0.3, 0.4) is 0 Å². The number of rotatable bonds is 1. The topological polar surface area (TPSA) is 59.2 Å². The van der Waals surface area contributed by atoms with E-state index in [1.165, 1.54) is 4.88 Å². The molecular weight excluding hydrogens is 246 g/mol. The van der Waals surface area contributed by atoms with Crippen LogP contribution in [0.25, 0.3) is 0 Å². The van der Waals surface area contributed by atoms with Gasteiger partial charge in [0.1, 0.15) is 0 Å². The summed E-state index contributed by atoms with van der Waals surface area (Å²) >= 11 is 1.55. The van der Waals surface area contributed by atoms with Gasteiger partial charge in [-0.05, 0) is 12.8 Å². The van der Waals surface area contributed by atoms with E-state index in [-0.39, 0.29) is 17.9 Å². The van der Waals surface area contributed by atoms with E-state index in [1.807, 2.05) is 4.90 Å². The molecule has 5 heteroatoms. The van der Waals surface area contributed by atoms with Crippen LogP contribution in [0.1, 0.15) is 23.4 Å². The van der Waals surface area contributed by atoms with E-state index in [9.17, 15) is 4.79 Å². The Balaban J connectivity index is 1.76. The van der Waals surface area contributed by atoms with E-state index in [1.54, 1.807) is 11.3 Å². The molecule has 2 N–H and O–H groups in total. The molecule has 0 spiro atoms. The number of nitrogens with two attached hydrogens (primary N) is 1. The number of likely N-dealkylation sites (tertiary alicyclic amines) is 1. The van der Waals surface area contributed by atoms with Crippen LogP contribution in [0.4, 0.5) is 5.13 Å². The number of amides is 1. The minimum atomic E-state index is 0.0884. The number of nitrogen functional groups attached to an aromatic ring is 1. The van der Waals surface area contributed by atoms with Crippen LogP contribution in [0.5, 0.6) is 0 Å². The number of fused-ring (bicyclic) bond motifs is 1. The zero-order valence-electron chi connectivity index (χ0n) is 10.1. The standard InChI is InChI=1S/C13H15N3OS/c1-2-8-5-12(17)16(7-8)9-3-4-10-11(6-9)18-13(14)15-10/h1,8-9H,3-7H2,(H2,14,15)/t8?,9-/m0/s1. The number of aryl methyl sites for hydroxylation is 1. The highest BCUT2D eigenvalue weighted by atomic mass is 32.1. The molecule has 1 aliphatic carbocycles. The molecule has 18 heavy (non-hydrogen) atoms. The Morgan fingerprint density at radius 2 is 2.33 bits per heavy atom. The number of hydrogen-bond acceptors (Lipinski definition) is 4. The third-order valence-corrected chi connectivity index (χ3v) is 4.71. The first-order valence-corrected chi connectivity index (χ1v) is 6.98. The highest BCUT2D eigenvalue weighted by molar-refractivity contribution is 7.15. The molecule has 2 atom stereocenters. The average molecular weight is 261 g/mol. The summed E-state index contributed by atoms with van der Waals surface area (Å²) in [4.78, 5) is 19.5. The van der Waals surface area contributed by atoms with E-state index in [4.69, 9.17) is 12.2 Å². The van der Waals surface area contributed by atoms with Crippen LogP contribution in [0.15, 0.2) is 0 Å². The molecule has 2 heterocycles. The monoisotopic (exact) mass is 261 g/mol. The van der Waals surface area contributed by atoms with Gasteiger partial charge < -0.3 is 10.6 Å². The second-order valence-corrected chi connectivity index (χ2v) is 6.05. The lowest BCUT2D eigenvalue weighted by molar-refractivity contribution is -0.129. The zero-order chi connectivity index (χ0) is 12.7. The van der Waals surface area contributed by atoms with Crippen molar-refractivity contribution in [3.05, 3.63) is 10.6 Å². The number of anilines is 1. The van der Waals surface area contributed by atoms with Crippen molar-refractivity contribution in [3.8, 4) is 12.3 Å². The molecule has 94 valence electrons. The molecule has 1 aromatic rings. The average Bonchev–Trinajstić information content (AvgIpc) is 2.89. The van der Waals surface area contributed by atoms with Crippen molar-refractivity contribution in [2.75, 3.05) is 12.3 Å². The molecule has 1 aliphatic heterocycles. The van der Waals surface area contributed by atoms with Crippen LogP contribution < -0.4 is 5.73 Å². The Hall–Kier alpha value is -1.54. The van der Waals surface area contributed by atoms with Gasteiger partial charge >= 0.3 is 0 Å². The van der Waals surface area contributed by atoms with Crippen LogP contribution in [0.2, 0.25) is 0 Å². The summed E-state index contributed by atoms with van der Waals surface area (Å²) in [6, 6.07) is 0.281. The van der Waals surface area contributed by atoms with Gasteiger partial charge in [-0.25, -0.2) is 4.98 Å². The Morgan fingerprint density at radius 1 is 1.50 bits per heavy atom. The van der Waals surface area contributed by atoms with E-state index in [0.717, 1.165) is 25.0 Å². The highest BCUT2D eigenvalue weighted by Crippen LogP contribution is 2.32. The molecule has 0 bridgehead atoms. The number of aromatic nitrogens is 1. The summed E-state index contributed by atoms with van der Waals surface area (Å²) < 4.78 is 0. The van der Waals surface area contributed by atoms with Crippen molar-refractivity contribution in [1.82, 2.24) is 9.88 Å². The van der Waals surface area contributed by atoms with Gasteiger partial charge in [-0.15, -0.1) is 23.7 Å². The van der Waals surface area contributed by atoms with Gasteiger partial charge in [0.2, 0.25) is 5.91 Å². The van der Waals surface area contributed by atoms with Gasteiger partial charge in [0.25, 0.3) is 0 Å². The number of thiazole rings is 1. The lowest BCUT2D eigenvalue weighted by Crippen LogP contribution is -2.40. The Labute approximate surface area is 110 Å². The molecule has 1 amide bonds. The first-order valence-electron chi connectivity index (χ1n) is 6.17. The van der Waals surface area contributed by atoms with E-state index < -0.39 is 0 Å². The van der Waals surface area contributed by atoms with Gasteiger partial charge in [-0.1, -0.05) is 0 Å². The molecule has 1 unspecified atom stereocenters. The first kappa shape index (κ1) is 11.5. The van der Waals surface area contributed by atoms with E-state index in [0.29, 0.717) is 18.1 Å². The fraction of sp³-hybridized carbons (Fsp3) is 0.538. The summed E-state index contributed by atoms with van der Waals surface area (Å²) in [7, 11) is 0. The van der Waals surface area contributed by atoms with Crippen molar-refractivity contribution >= 4 is 22.4 Å². The highest BCUT2D eigenvalue weighted by Gasteiger charge is 2.35. The molecule has 4 nitrogen and oxygen atoms in total. The number of terminal acetylenes is 1. The minimum Gasteiger partial charge on any atom is -0.375 e. The SMILES string of the molecule is C#CC1CC(=O)N([C@H]2CCc3nc(N)sc3C2)C1. The third-order valence-electron chi connectivity index (χ3n) is 3.77. The summed E-state index contributed by atoms with van der Waals surface area (Å²) in [5, 5.41) is 0.634. The van der Waals surface area contributed by atoms with Gasteiger partial charge in [-0.3, -0.25) is 4.79 Å². The number of carbonyl (C=O) groups excluding carboxylic acids is 1. The lowest BCUT2D eigenvalue weighted by atomic mass is 9.96. The maximum atomic E-state index is 12.0. The second-order valence-electron chi connectivity index (χ2n) is 4.93. The maximum absolute atomic E-state index is 12.0. The molecule has 0 aromatic carbocycles. The van der Waals surface area contributed by atoms with Crippen LogP contribution in [-0.4, -0.2) is 28.4 Å². The fourth-order valence-corrected chi connectivity index (χ4v) is 3.79. The maximum Gasteiger partial charge on any atom is 0.224 e. The molecule has 1 aromatic heterocycles. The molecule has 3 rings (SSSR count). The van der Waals surface area contributed by atoms with Gasteiger partial charge in [0.05, 0.1) is 5.69 Å². The second kappa shape index (κ2) is 4.29. The fourth-order valence-electron chi connectivity index (χ4n) is 2.84. The largest absolute Gasteiger partial charge is 0.375 e. The summed E-state index contributed by atoms with van der Waals surface area (Å²) in [6.45, 7) is 0.712. The molecule has 1 saturated heterocycles. The van der Waals surface area contributed by atoms with Crippen LogP contribution in [-0.2, 0) is 17.6 Å². The van der Waals surface area contributed by atoms with Gasteiger partial charge in [0.15, 0.2) is 5.13 Å². The van der Waals surface area contributed by atoms with Crippen molar-refractivity contribution in [2.45, 2.75) is 31.7 Å². The Kier molecular flexibility index (Phi) is 2.75. The predicted octanol–water partition coefficient (Wildman–Crippen LogP) is 1.06. The molecule has 1 fully saturated rings. The third kappa shape index (κ3) is 1.87. The Bertz CT molecular complexity index is 531. The Morgan fingerprint density at radius 3 is 3.06 bits per heavy atom. The number of carbonyl (C=O) groups is 1. The number of nitrogens with zero attached hydrogens (tertiary/aromatic N) is 2. The quantitative estimate of drug-likeness (QED) is 0.769. The van der Waals surface area contributed by atoms with Crippen LogP contribution in [0, 0.1) is 18.3 Å². The van der Waals surface area contributed by atoms with Gasteiger partial charge in [-0.2, -0.15) is 0 Å². The van der Waals surface area contributed by atoms with E-state index in [2.05, 4.69) is 10.9 Å². The minimum absolute atomic E-state index is 0.0884. The van der Waals surface area contributed by atoms with Crippen molar-refractivity contribution in [1.29, 1.82) is 0 Å². The first-order chi connectivity index (χ1) is 8.67. The normalized spacial score (nSPS) is 27.1. The molecule has 0 saturated carbocycles. The van der Waals surface area contributed by atoms with E-state index >= 15 is 0 Å². The smallest absolute Gasteiger partial charge is 0.224 e. The predicted molar refractivity (Wildman–Crippen MR) is 71.0 cm³/mol. The molecule has 0 radical (unpaired) electrons. The molecular formula is C13H15N3OS. The van der Waals surface area contributed by atoms with Crippen molar-refractivity contribution in [2.24, 2.45) is 5.92 Å². The van der Waals surface area contributed by atoms with Crippen molar-refractivity contribution < 1.29 is 4.79 Å². The summed E-state index contributed by atoms with van der Waals surface area (Å²) in [5.74, 6) is 2.98. The molecule has 2 aliphatic rings. The lowest BCUT2D eigenvalue weighted by Gasteiger charge is -2.30. The zero-order valence-corrected chi connectivity index (χ0v) is 10.9. The summed E-state index contributed by atoms with van der Waals surface area (Å²) in [6.07, 6.45) is 8.69. The number of hydrogen-bond donors (Lipinski definition) is 1. The summed E-state index contributed by atoms with van der Waals surface area (Å²) in [5.41, 5.74) is 6.85. The van der Waals surface area contributed by atoms with Crippen LogP contribution >= 0.6 is 11.3 Å².